The predicted octanol–water partition coefficient (Wildman–Crippen LogP) is 1.86. The van der Waals surface area contributed by atoms with Crippen molar-refractivity contribution >= 4 is 5.69 Å². The molecule has 0 amide bonds. The van der Waals surface area contributed by atoms with Gasteiger partial charge in [0.2, 0.25) is 0 Å². The van der Waals surface area contributed by atoms with Crippen molar-refractivity contribution in [2.24, 2.45) is 0 Å². The summed E-state index contributed by atoms with van der Waals surface area (Å²) in [6, 6.07) is 3.20. The Labute approximate surface area is 91.9 Å². The summed E-state index contributed by atoms with van der Waals surface area (Å²) < 4.78 is 13.0. The highest BCUT2D eigenvalue weighted by Crippen LogP contribution is 2.15. The molecule has 0 heterocycles. The molecule has 0 aliphatic rings. The smallest absolute Gasteiger partial charge is 0.273 e. The quantitative estimate of drug-likeness (QED) is 0.368. The first kappa shape index (κ1) is 12.1. The van der Waals surface area contributed by atoms with Crippen LogP contribution in [0.1, 0.15) is 18.4 Å². The molecule has 0 saturated carbocycles. The molecule has 0 bridgehead atoms. The third kappa shape index (κ3) is 3.67. The van der Waals surface area contributed by atoms with Crippen LogP contribution in [0.2, 0.25) is 0 Å². The van der Waals surface area contributed by atoms with Gasteiger partial charge in [0.1, 0.15) is 5.82 Å². The van der Waals surface area contributed by atoms with Gasteiger partial charge in [-0.05, 0) is 12.5 Å². The first-order chi connectivity index (χ1) is 7.63. The molecule has 16 heavy (non-hydrogen) atoms. The molecule has 4 nitrogen and oxygen atoms in total. The Morgan fingerprint density at radius 3 is 2.81 bits per heavy atom. The van der Waals surface area contributed by atoms with E-state index in [1.165, 1.54) is 6.07 Å². The normalized spacial score (nSPS) is 9.38. The Hall–Kier alpha value is -1.93. The van der Waals surface area contributed by atoms with Gasteiger partial charge in [-0.15, -0.1) is 0 Å². The summed E-state index contributed by atoms with van der Waals surface area (Å²) in [5, 5.41) is 18.9. The van der Waals surface area contributed by atoms with Crippen molar-refractivity contribution in [3.63, 3.8) is 0 Å². The van der Waals surface area contributed by atoms with E-state index in [4.69, 9.17) is 5.11 Å². The average Bonchev–Trinajstić information content (AvgIpc) is 2.23. The van der Waals surface area contributed by atoms with Gasteiger partial charge >= 0.3 is 0 Å². The predicted molar refractivity (Wildman–Crippen MR) is 56.3 cm³/mol. The van der Waals surface area contributed by atoms with Gasteiger partial charge in [0, 0.05) is 24.7 Å². The molecule has 0 aromatic heterocycles. The lowest BCUT2D eigenvalue weighted by molar-refractivity contribution is -0.385. The standard InChI is InChI=1S/C11H10FNO3/c12-10-6-9(4-2-1-3-5-14)7-11(8-10)13(15)16/h6-8,14H,1,3,5H2. The van der Waals surface area contributed by atoms with Crippen LogP contribution in [0.25, 0.3) is 0 Å². The maximum atomic E-state index is 13.0. The zero-order valence-electron chi connectivity index (χ0n) is 8.44. The number of aliphatic hydroxyl groups is 1. The average molecular weight is 223 g/mol. The molecule has 0 atom stereocenters. The molecule has 1 aromatic rings. The van der Waals surface area contributed by atoms with E-state index in [9.17, 15) is 14.5 Å². The van der Waals surface area contributed by atoms with Gasteiger partial charge in [0.15, 0.2) is 0 Å². The van der Waals surface area contributed by atoms with E-state index in [1.807, 2.05) is 0 Å². The van der Waals surface area contributed by atoms with Crippen LogP contribution in [-0.2, 0) is 0 Å². The van der Waals surface area contributed by atoms with Gasteiger partial charge in [-0.1, -0.05) is 11.8 Å². The van der Waals surface area contributed by atoms with Crippen LogP contribution in [0.4, 0.5) is 10.1 Å². The van der Waals surface area contributed by atoms with Crippen molar-refractivity contribution in [3.05, 3.63) is 39.7 Å². The molecular formula is C11H10FNO3. The summed E-state index contributed by atoms with van der Waals surface area (Å²) in [5.74, 6) is 4.63. The summed E-state index contributed by atoms with van der Waals surface area (Å²) in [6.07, 6.45) is 1.01. The van der Waals surface area contributed by atoms with Crippen LogP contribution < -0.4 is 0 Å². The molecule has 1 N–H and O–H groups in total. The van der Waals surface area contributed by atoms with Gasteiger partial charge in [0.25, 0.3) is 5.69 Å². The first-order valence-corrected chi connectivity index (χ1v) is 4.68. The molecular weight excluding hydrogens is 213 g/mol. The van der Waals surface area contributed by atoms with Crippen LogP contribution in [0.5, 0.6) is 0 Å². The zero-order valence-corrected chi connectivity index (χ0v) is 8.44. The second kappa shape index (κ2) is 5.83. The molecule has 0 radical (unpaired) electrons. The Bertz CT molecular complexity index is 448. The van der Waals surface area contributed by atoms with Gasteiger partial charge in [0.05, 0.1) is 11.0 Å². The minimum Gasteiger partial charge on any atom is -0.396 e. The van der Waals surface area contributed by atoms with Crippen molar-refractivity contribution < 1.29 is 14.4 Å². The molecule has 0 spiro atoms. The van der Waals surface area contributed by atoms with Crippen LogP contribution in [0.15, 0.2) is 18.2 Å². The van der Waals surface area contributed by atoms with E-state index in [0.717, 1.165) is 12.1 Å². The zero-order chi connectivity index (χ0) is 12.0. The van der Waals surface area contributed by atoms with Gasteiger partial charge in [-0.2, -0.15) is 0 Å². The number of benzene rings is 1. The van der Waals surface area contributed by atoms with Crippen molar-refractivity contribution in [1.29, 1.82) is 0 Å². The molecule has 0 saturated heterocycles. The fourth-order valence-corrected chi connectivity index (χ4v) is 1.08. The number of unbranched alkanes of at least 4 members (excludes halogenated alkanes) is 1. The lowest BCUT2D eigenvalue weighted by Gasteiger charge is -1.94. The molecule has 0 fully saturated rings. The second-order valence-electron chi connectivity index (χ2n) is 3.08. The van der Waals surface area contributed by atoms with E-state index in [1.54, 1.807) is 0 Å². The van der Waals surface area contributed by atoms with Crippen molar-refractivity contribution in [2.45, 2.75) is 12.8 Å². The highest BCUT2D eigenvalue weighted by Gasteiger charge is 2.08. The van der Waals surface area contributed by atoms with Crippen molar-refractivity contribution in [3.8, 4) is 11.8 Å². The number of hydrogen-bond donors (Lipinski definition) is 1. The Morgan fingerprint density at radius 2 is 2.19 bits per heavy atom. The maximum absolute atomic E-state index is 13.0. The number of hydrogen-bond acceptors (Lipinski definition) is 3. The Morgan fingerprint density at radius 1 is 1.44 bits per heavy atom. The lowest BCUT2D eigenvalue weighted by Crippen LogP contribution is -1.90. The van der Waals surface area contributed by atoms with E-state index < -0.39 is 10.7 Å². The van der Waals surface area contributed by atoms with E-state index in [0.29, 0.717) is 12.8 Å². The molecule has 1 aromatic carbocycles. The van der Waals surface area contributed by atoms with E-state index in [2.05, 4.69) is 11.8 Å². The summed E-state index contributed by atoms with van der Waals surface area (Å²) in [4.78, 5) is 9.77. The van der Waals surface area contributed by atoms with Crippen LogP contribution in [0, 0.1) is 27.8 Å². The SMILES string of the molecule is O=[N+]([O-])c1cc(F)cc(C#CCCCO)c1. The summed E-state index contributed by atoms with van der Waals surface area (Å²) in [7, 11) is 0. The molecule has 0 aliphatic carbocycles. The monoisotopic (exact) mass is 223 g/mol. The van der Waals surface area contributed by atoms with Gasteiger partial charge in [-0.3, -0.25) is 10.1 Å². The van der Waals surface area contributed by atoms with Crippen molar-refractivity contribution in [1.82, 2.24) is 0 Å². The second-order valence-corrected chi connectivity index (χ2v) is 3.08. The molecule has 0 aliphatic heterocycles. The minimum absolute atomic E-state index is 0.0397. The number of aliphatic hydroxyl groups excluding tert-OH is 1. The van der Waals surface area contributed by atoms with Gasteiger partial charge < -0.3 is 5.11 Å². The number of nitro benzene ring substituents is 1. The van der Waals surface area contributed by atoms with Crippen LogP contribution >= 0.6 is 0 Å². The molecule has 84 valence electrons. The minimum atomic E-state index is -0.680. The first-order valence-electron chi connectivity index (χ1n) is 4.68. The number of rotatable bonds is 3. The van der Waals surface area contributed by atoms with E-state index in [-0.39, 0.29) is 17.9 Å². The number of non-ortho nitro benzene ring substituents is 1. The van der Waals surface area contributed by atoms with Crippen LogP contribution in [-0.4, -0.2) is 16.6 Å². The largest absolute Gasteiger partial charge is 0.396 e. The fraction of sp³-hybridized carbons (Fsp3) is 0.273. The molecule has 0 unspecified atom stereocenters. The highest BCUT2D eigenvalue weighted by atomic mass is 19.1. The number of nitrogens with zero attached hydrogens (tertiary/aromatic N) is 1. The Kier molecular flexibility index (Phi) is 4.42. The third-order valence-electron chi connectivity index (χ3n) is 1.79. The number of nitro groups is 1. The fourth-order valence-electron chi connectivity index (χ4n) is 1.08. The maximum Gasteiger partial charge on any atom is 0.273 e. The topological polar surface area (TPSA) is 63.4 Å². The highest BCUT2D eigenvalue weighted by molar-refractivity contribution is 5.43. The molecule has 5 heteroatoms. The van der Waals surface area contributed by atoms with E-state index >= 15 is 0 Å². The number of halogens is 1. The lowest BCUT2D eigenvalue weighted by atomic mass is 10.2. The van der Waals surface area contributed by atoms with Crippen molar-refractivity contribution in [2.75, 3.05) is 6.61 Å². The summed E-state index contributed by atoms with van der Waals surface area (Å²) >= 11 is 0. The third-order valence-corrected chi connectivity index (χ3v) is 1.79. The van der Waals surface area contributed by atoms with Crippen LogP contribution in [0.3, 0.4) is 0 Å². The summed E-state index contributed by atoms with van der Waals surface area (Å²) in [5.41, 5.74) is -0.0453. The van der Waals surface area contributed by atoms with Gasteiger partial charge in [-0.25, -0.2) is 4.39 Å². The summed E-state index contributed by atoms with van der Waals surface area (Å²) in [6.45, 7) is 0.0397. The Balaban J connectivity index is 2.86. The molecule has 1 rings (SSSR count).